The number of nitro groups is 1. The molecule has 1 aromatic carbocycles. The molecule has 0 bridgehead atoms. The first-order valence-corrected chi connectivity index (χ1v) is 6.87. The first kappa shape index (κ1) is 15.2. The Kier molecular flexibility index (Phi) is 5.31. The number of nitrogens with one attached hydrogen (secondary N) is 1. The lowest BCUT2D eigenvalue weighted by molar-refractivity contribution is -0.385. The van der Waals surface area contributed by atoms with Crippen molar-refractivity contribution in [2.24, 2.45) is 0 Å². The molecule has 0 radical (unpaired) electrons. The molecule has 6 nitrogen and oxygen atoms in total. The Morgan fingerprint density at radius 3 is 3.10 bits per heavy atom. The number of nitrogens with zero attached hydrogens (tertiary/aromatic N) is 2. The van der Waals surface area contributed by atoms with Crippen molar-refractivity contribution < 1.29 is 9.66 Å². The number of likely N-dealkylation sites (N-methyl/N-ethyl adjacent to an activating group) is 1. The van der Waals surface area contributed by atoms with Gasteiger partial charge in [-0.05, 0) is 19.2 Å². The molecule has 7 heteroatoms. The van der Waals surface area contributed by atoms with Crippen LogP contribution >= 0.6 is 11.6 Å². The second-order valence-corrected chi connectivity index (χ2v) is 5.35. The SMILES string of the molecule is CN1CCOC(CNCc2ccc(Cl)cc2[N+](=O)[O-])C1. The molecular formula is C13H18ClN3O3. The summed E-state index contributed by atoms with van der Waals surface area (Å²) in [4.78, 5) is 12.8. The fourth-order valence-corrected chi connectivity index (χ4v) is 2.38. The molecule has 0 saturated carbocycles. The number of benzene rings is 1. The van der Waals surface area contributed by atoms with Gasteiger partial charge in [-0.15, -0.1) is 0 Å². The maximum atomic E-state index is 11.0. The summed E-state index contributed by atoms with van der Waals surface area (Å²) in [5, 5.41) is 14.5. The van der Waals surface area contributed by atoms with Crippen molar-refractivity contribution in [1.82, 2.24) is 10.2 Å². The summed E-state index contributed by atoms with van der Waals surface area (Å²) in [7, 11) is 2.06. The van der Waals surface area contributed by atoms with Crippen molar-refractivity contribution in [2.45, 2.75) is 12.6 Å². The van der Waals surface area contributed by atoms with Crippen molar-refractivity contribution in [3.8, 4) is 0 Å². The molecule has 1 aromatic rings. The van der Waals surface area contributed by atoms with Crippen LogP contribution in [0.4, 0.5) is 5.69 Å². The molecule has 20 heavy (non-hydrogen) atoms. The lowest BCUT2D eigenvalue weighted by Gasteiger charge is -2.30. The average Bonchev–Trinajstić information content (AvgIpc) is 2.40. The molecule has 1 heterocycles. The van der Waals surface area contributed by atoms with Gasteiger partial charge in [0.05, 0.1) is 17.6 Å². The molecule has 1 saturated heterocycles. The van der Waals surface area contributed by atoms with E-state index in [1.807, 2.05) is 0 Å². The molecule has 1 N–H and O–H groups in total. The van der Waals surface area contributed by atoms with Gasteiger partial charge in [-0.25, -0.2) is 0 Å². The summed E-state index contributed by atoms with van der Waals surface area (Å²) in [5.41, 5.74) is 0.676. The van der Waals surface area contributed by atoms with E-state index in [0.29, 0.717) is 23.7 Å². The minimum Gasteiger partial charge on any atom is -0.374 e. The monoisotopic (exact) mass is 299 g/mol. The fraction of sp³-hybridized carbons (Fsp3) is 0.538. The number of hydrogen-bond donors (Lipinski definition) is 1. The predicted molar refractivity (Wildman–Crippen MR) is 77.1 cm³/mol. The van der Waals surface area contributed by atoms with Crippen LogP contribution in [0.3, 0.4) is 0 Å². The van der Waals surface area contributed by atoms with Crippen LogP contribution in [0.2, 0.25) is 5.02 Å². The van der Waals surface area contributed by atoms with Gasteiger partial charge in [-0.2, -0.15) is 0 Å². The molecule has 1 atom stereocenters. The number of nitro benzene ring substituents is 1. The highest BCUT2D eigenvalue weighted by atomic mass is 35.5. The van der Waals surface area contributed by atoms with Crippen molar-refractivity contribution in [1.29, 1.82) is 0 Å². The summed E-state index contributed by atoms with van der Waals surface area (Å²) in [6.45, 7) is 3.64. The van der Waals surface area contributed by atoms with Crippen LogP contribution in [0, 0.1) is 10.1 Å². The van der Waals surface area contributed by atoms with Gasteiger partial charge in [0.1, 0.15) is 0 Å². The minimum absolute atomic E-state index is 0.0479. The Morgan fingerprint density at radius 2 is 2.40 bits per heavy atom. The molecule has 2 rings (SSSR count). The standard InChI is InChI=1S/C13H18ClN3O3/c1-16-4-5-20-12(9-16)8-15-7-10-2-3-11(14)6-13(10)17(18)19/h2-3,6,12,15H,4-5,7-9H2,1H3. The van der Waals surface area contributed by atoms with Gasteiger partial charge in [0, 0.05) is 42.8 Å². The third-order valence-electron chi connectivity index (χ3n) is 3.27. The number of morpholine rings is 1. The Labute approximate surface area is 122 Å². The van der Waals surface area contributed by atoms with Gasteiger partial charge in [-0.1, -0.05) is 11.6 Å². The Bertz CT molecular complexity index is 484. The Morgan fingerprint density at radius 1 is 1.60 bits per heavy atom. The van der Waals surface area contributed by atoms with Crippen LogP contribution in [0.25, 0.3) is 0 Å². The third-order valence-corrected chi connectivity index (χ3v) is 3.51. The molecule has 1 aliphatic heterocycles. The summed E-state index contributed by atoms with van der Waals surface area (Å²) in [6.07, 6.45) is 0.125. The maximum absolute atomic E-state index is 11.0. The molecule has 0 spiro atoms. The lowest BCUT2D eigenvalue weighted by atomic mass is 10.1. The second-order valence-electron chi connectivity index (χ2n) is 4.92. The quantitative estimate of drug-likeness (QED) is 0.662. The van der Waals surface area contributed by atoms with E-state index in [-0.39, 0.29) is 11.8 Å². The van der Waals surface area contributed by atoms with Crippen LogP contribution in [-0.4, -0.2) is 49.2 Å². The van der Waals surface area contributed by atoms with E-state index in [9.17, 15) is 10.1 Å². The van der Waals surface area contributed by atoms with Gasteiger partial charge in [0.2, 0.25) is 0 Å². The van der Waals surface area contributed by atoms with Crippen LogP contribution in [0.1, 0.15) is 5.56 Å². The lowest BCUT2D eigenvalue weighted by Crippen LogP contribution is -2.44. The first-order valence-electron chi connectivity index (χ1n) is 6.50. The van der Waals surface area contributed by atoms with E-state index in [1.165, 1.54) is 6.07 Å². The molecule has 1 fully saturated rings. The number of rotatable bonds is 5. The molecule has 0 amide bonds. The molecule has 1 aliphatic rings. The Hall–Kier alpha value is -1.21. The van der Waals surface area contributed by atoms with Crippen LogP contribution in [-0.2, 0) is 11.3 Å². The van der Waals surface area contributed by atoms with Crippen molar-refractivity contribution >= 4 is 17.3 Å². The predicted octanol–water partition coefficient (Wildman–Crippen LogP) is 1.67. The largest absolute Gasteiger partial charge is 0.374 e. The summed E-state index contributed by atoms with van der Waals surface area (Å²) in [6, 6.07) is 4.72. The zero-order chi connectivity index (χ0) is 14.5. The van der Waals surface area contributed by atoms with E-state index < -0.39 is 4.92 Å². The molecular weight excluding hydrogens is 282 g/mol. The zero-order valence-electron chi connectivity index (χ0n) is 11.3. The maximum Gasteiger partial charge on any atom is 0.275 e. The smallest absolute Gasteiger partial charge is 0.275 e. The van der Waals surface area contributed by atoms with E-state index in [4.69, 9.17) is 16.3 Å². The first-order chi connectivity index (χ1) is 9.56. The van der Waals surface area contributed by atoms with Crippen molar-refractivity contribution in [3.05, 3.63) is 38.9 Å². The van der Waals surface area contributed by atoms with Gasteiger partial charge in [-0.3, -0.25) is 10.1 Å². The summed E-state index contributed by atoms with van der Waals surface area (Å²) >= 11 is 5.78. The molecule has 110 valence electrons. The van der Waals surface area contributed by atoms with Gasteiger partial charge < -0.3 is 15.0 Å². The highest BCUT2D eigenvalue weighted by molar-refractivity contribution is 6.30. The van der Waals surface area contributed by atoms with Crippen molar-refractivity contribution in [2.75, 3.05) is 33.3 Å². The van der Waals surface area contributed by atoms with Gasteiger partial charge in [0.25, 0.3) is 5.69 Å². The van der Waals surface area contributed by atoms with Gasteiger partial charge >= 0.3 is 0 Å². The topological polar surface area (TPSA) is 67.6 Å². The van der Waals surface area contributed by atoms with Gasteiger partial charge in [0.15, 0.2) is 0 Å². The number of hydrogen-bond acceptors (Lipinski definition) is 5. The zero-order valence-corrected chi connectivity index (χ0v) is 12.1. The summed E-state index contributed by atoms with van der Waals surface area (Å²) < 4.78 is 5.62. The van der Waals surface area contributed by atoms with E-state index in [1.54, 1.807) is 12.1 Å². The number of ether oxygens (including phenoxy) is 1. The summed E-state index contributed by atoms with van der Waals surface area (Å²) in [5.74, 6) is 0. The van der Waals surface area contributed by atoms with Crippen molar-refractivity contribution in [3.63, 3.8) is 0 Å². The average molecular weight is 300 g/mol. The van der Waals surface area contributed by atoms with E-state index in [2.05, 4.69) is 17.3 Å². The fourth-order valence-electron chi connectivity index (χ4n) is 2.21. The normalized spacial score (nSPS) is 20.0. The number of halogens is 1. The van der Waals surface area contributed by atoms with E-state index >= 15 is 0 Å². The van der Waals surface area contributed by atoms with Crippen LogP contribution in [0.15, 0.2) is 18.2 Å². The second kappa shape index (κ2) is 6.99. The molecule has 0 aliphatic carbocycles. The van der Waals surface area contributed by atoms with Crippen LogP contribution < -0.4 is 5.32 Å². The highest BCUT2D eigenvalue weighted by Gasteiger charge is 2.18. The molecule has 0 aromatic heterocycles. The highest BCUT2D eigenvalue weighted by Crippen LogP contribution is 2.23. The molecule has 1 unspecified atom stereocenters. The van der Waals surface area contributed by atoms with Crippen LogP contribution in [0.5, 0.6) is 0 Å². The van der Waals surface area contributed by atoms with E-state index in [0.717, 1.165) is 19.7 Å². The third kappa shape index (κ3) is 4.14. The Balaban J connectivity index is 1.89. The minimum atomic E-state index is -0.409.